The van der Waals surface area contributed by atoms with Gasteiger partial charge in [-0.3, -0.25) is 0 Å². The van der Waals surface area contributed by atoms with E-state index in [0.29, 0.717) is 11.5 Å². The molecule has 0 aliphatic carbocycles. The van der Waals surface area contributed by atoms with Crippen LogP contribution in [0.5, 0.6) is 0 Å². The predicted molar refractivity (Wildman–Crippen MR) is 75.8 cm³/mol. The summed E-state index contributed by atoms with van der Waals surface area (Å²) >= 11 is 0. The van der Waals surface area contributed by atoms with E-state index in [1.807, 2.05) is 0 Å². The van der Waals surface area contributed by atoms with E-state index < -0.39 is 5.97 Å². The third kappa shape index (κ3) is 3.46. The first-order valence-electron chi connectivity index (χ1n) is 7.09. The van der Waals surface area contributed by atoms with Crippen LogP contribution >= 0.6 is 0 Å². The highest BCUT2D eigenvalue weighted by atomic mass is 16.4. The van der Waals surface area contributed by atoms with Crippen LogP contribution in [0.3, 0.4) is 0 Å². The molecule has 0 amide bonds. The zero-order valence-corrected chi connectivity index (χ0v) is 11.7. The summed E-state index contributed by atoms with van der Waals surface area (Å²) in [4.78, 5) is 18.1. The van der Waals surface area contributed by atoms with E-state index in [1.54, 1.807) is 12.1 Å². The van der Waals surface area contributed by atoms with Crippen LogP contribution in [-0.4, -0.2) is 29.1 Å². The Labute approximate surface area is 114 Å². The standard InChI is InChI=1S/C15H22N2O2/c1-3-5-13-8-12(15(18)19)9-14(16-13)17-7-4-6-11(2)10-17/h8-9,11H,3-7,10H2,1-2H3,(H,18,19). The quantitative estimate of drug-likeness (QED) is 0.906. The van der Waals surface area contributed by atoms with Crippen molar-refractivity contribution in [2.45, 2.75) is 39.5 Å². The molecule has 1 N–H and O–H groups in total. The van der Waals surface area contributed by atoms with Gasteiger partial charge in [0.15, 0.2) is 0 Å². The number of pyridine rings is 1. The lowest BCUT2D eigenvalue weighted by atomic mass is 10.00. The topological polar surface area (TPSA) is 53.4 Å². The molecule has 2 rings (SSSR count). The summed E-state index contributed by atoms with van der Waals surface area (Å²) in [7, 11) is 0. The van der Waals surface area contributed by atoms with Gasteiger partial charge in [0.05, 0.1) is 5.56 Å². The van der Waals surface area contributed by atoms with Crippen LogP contribution in [-0.2, 0) is 6.42 Å². The molecule has 1 fully saturated rings. The predicted octanol–water partition coefficient (Wildman–Crippen LogP) is 2.97. The average molecular weight is 262 g/mol. The molecule has 0 spiro atoms. The number of nitrogens with zero attached hydrogens (tertiary/aromatic N) is 2. The first kappa shape index (κ1) is 13.8. The van der Waals surface area contributed by atoms with Crippen molar-refractivity contribution in [2.24, 2.45) is 5.92 Å². The number of piperidine rings is 1. The number of aryl methyl sites for hydroxylation is 1. The lowest BCUT2D eigenvalue weighted by molar-refractivity contribution is 0.0696. The first-order chi connectivity index (χ1) is 9.10. The SMILES string of the molecule is CCCc1cc(C(=O)O)cc(N2CCCC(C)C2)n1. The Morgan fingerprint density at radius 2 is 2.32 bits per heavy atom. The maximum Gasteiger partial charge on any atom is 0.335 e. The maximum atomic E-state index is 11.2. The largest absolute Gasteiger partial charge is 0.478 e. The molecular formula is C15H22N2O2. The summed E-state index contributed by atoms with van der Waals surface area (Å²) < 4.78 is 0. The van der Waals surface area contributed by atoms with Gasteiger partial charge in [-0.15, -0.1) is 0 Å². The van der Waals surface area contributed by atoms with Crippen molar-refractivity contribution < 1.29 is 9.90 Å². The number of carboxylic acid groups (broad SMARTS) is 1. The number of carbonyl (C=O) groups is 1. The second-order valence-electron chi connectivity index (χ2n) is 5.45. The lowest BCUT2D eigenvalue weighted by Crippen LogP contribution is -2.35. The van der Waals surface area contributed by atoms with Gasteiger partial charge < -0.3 is 10.0 Å². The lowest BCUT2D eigenvalue weighted by Gasteiger charge is -2.32. The van der Waals surface area contributed by atoms with E-state index in [-0.39, 0.29) is 0 Å². The van der Waals surface area contributed by atoms with Crippen LogP contribution in [0.15, 0.2) is 12.1 Å². The molecule has 4 heteroatoms. The molecule has 1 saturated heterocycles. The van der Waals surface area contributed by atoms with E-state index in [2.05, 4.69) is 23.7 Å². The fourth-order valence-electron chi connectivity index (χ4n) is 2.64. The summed E-state index contributed by atoms with van der Waals surface area (Å²) in [6.45, 7) is 6.27. The van der Waals surface area contributed by atoms with Crippen molar-refractivity contribution in [3.63, 3.8) is 0 Å². The summed E-state index contributed by atoms with van der Waals surface area (Å²) in [6.07, 6.45) is 4.21. The Morgan fingerprint density at radius 1 is 1.53 bits per heavy atom. The van der Waals surface area contributed by atoms with Gasteiger partial charge in [-0.25, -0.2) is 9.78 Å². The summed E-state index contributed by atoms with van der Waals surface area (Å²) in [5.41, 5.74) is 1.24. The van der Waals surface area contributed by atoms with E-state index in [9.17, 15) is 9.90 Å². The highest BCUT2D eigenvalue weighted by molar-refractivity contribution is 5.88. The molecule has 1 aromatic rings. The highest BCUT2D eigenvalue weighted by Gasteiger charge is 2.19. The summed E-state index contributed by atoms with van der Waals surface area (Å²) in [5, 5.41) is 9.21. The number of rotatable bonds is 4. The molecule has 0 aromatic carbocycles. The van der Waals surface area contributed by atoms with Crippen molar-refractivity contribution in [2.75, 3.05) is 18.0 Å². The smallest absolute Gasteiger partial charge is 0.335 e. The number of aromatic nitrogens is 1. The Hall–Kier alpha value is -1.58. The third-order valence-corrected chi connectivity index (χ3v) is 3.60. The van der Waals surface area contributed by atoms with Gasteiger partial charge in [-0.2, -0.15) is 0 Å². The van der Waals surface area contributed by atoms with Gasteiger partial charge in [0.25, 0.3) is 0 Å². The zero-order valence-electron chi connectivity index (χ0n) is 11.7. The fourth-order valence-corrected chi connectivity index (χ4v) is 2.64. The van der Waals surface area contributed by atoms with Crippen molar-refractivity contribution in [1.82, 2.24) is 4.98 Å². The molecule has 4 nitrogen and oxygen atoms in total. The van der Waals surface area contributed by atoms with Crippen molar-refractivity contribution >= 4 is 11.8 Å². The van der Waals surface area contributed by atoms with Gasteiger partial charge in [-0.05, 0) is 37.3 Å². The Kier molecular flexibility index (Phi) is 4.40. The molecule has 1 unspecified atom stereocenters. The van der Waals surface area contributed by atoms with Crippen molar-refractivity contribution in [3.8, 4) is 0 Å². The monoisotopic (exact) mass is 262 g/mol. The van der Waals surface area contributed by atoms with Crippen molar-refractivity contribution in [1.29, 1.82) is 0 Å². The molecule has 1 aliphatic rings. The van der Waals surface area contributed by atoms with Gasteiger partial charge in [0.2, 0.25) is 0 Å². The van der Waals surface area contributed by atoms with Crippen LogP contribution < -0.4 is 4.90 Å². The number of carboxylic acids is 1. The minimum absolute atomic E-state index is 0.353. The van der Waals surface area contributed by atoms with E-state index >= 15 is 0 Å². The molecule has 1 aromatic heterocycles. The molecule has 2 heterocycles. The van der Waals surface area contributed by atoms with E-state index in [4.69, 9.17) is 0 Å². The number of aromatic carboxylic acids is 1. The minimum atomic E-state index is -0.869. The Balaban J connectivity index is 2.29. The van der Waals surface area contributed by atoms with Crippen LogP contribution in [0.1, 0.15) is 49.2 Å². The zero-order chi connectivity index (χ0) is 13.8. The molecule has 0 saturated carbocycles. The molecule has 104 valence electrons. The van der Waals surface area contributed by atoms with Crippen LogP contribution in [0.4, 0.5) is 5.82 Å². The molecule has 0 bridgehead atoms. The minimum Gasteiger partial charge on any atom is -0.478 e. The fraction of sp³-hybridized carbons (Fsp3) is 0.600. The van der Waals surface area contributed by atoms with Crippen molar-refractivity contribution in [3.05, 3.63) is 23.4 Å². The molecular weight excluding hydrogens is 240 g/mol. The molecule has 19 heavy (non-hydrogen) atoms. The second-order valence-corrected chi connectivity index (χ2v) is 5.45. The molecule has 1 aliphatic heterocycles. The Bertz CT molecular complexity index is 459. The number of hydrogen-bond donors (Lipinski definition) is 1. The van der Waals surface area contributed by atoms with Crippen LogP contribution in [0, 0.1) is 5.92 Å². The average Bonchev–Trinajstić information content (AvgIpc) is 2.38. The van der Waals surface area contributed by atoms with Gasteiger partial charge in [0, 0.05) is 18.8 Å². The van der Waals surface area contributed by atoms with Gasteiger partial charge >= 0.3 is 5.97 Å². The summed E-state index contributed by atoms with van der Waals surface area (Å²) in [5.74, 6) is 0.611. The number of anilines is 1. The van der Waals surface area contributed by atoms with Crippen LogP contribution in [0.2, 0.25) is 0 Å². The van der Waals surface area contributed by atoms with E-state index in [0.717, 1.165) is 43.9 Å². The Morgan fingerprint density at radius 3 is 2.95 bits per heavy atom. The number of hydrogen-bond acceptors (Lipinski definition) is 3. The highest BCUT2D eigenvalue weighted by Crippen LogP contribution is 2.23. The van der Waals surface area contributed by atoms with Gasteiger partial charge in [0.1, 0.15) is 5.82 Å². The summed E-state index contributed by atoms with van der Waals surface area (Å²) in [6, 6.07) is 3.41. The molecule has 1 atom stereocenters. The maximum absolute atomic E-state index is 11.2. The van der Waals surface area contributed by atoms with E-state index in [1.165, 1.54) is 6.42 Å². The normalized spacial score (nSPS) is 19.5. The van der Waals surface area contributed by atoms with Crippen LogP contribution in [0.25, 0.3) is 0 Å². The first-order valence-corrected chi connectivity index (χ1v) is 7.09. The second kappa shape index (κ2) is 6.04. The van der Waals surface area contributed by atoms with Gasteiger partial charge in [-0.1, -0.05) is 20.3 Å². The molecule has 0 radical (unpaired) electrons. The third-order valence-electron chi connectivity index (χ3n) is 3.60.